The van der Waals surface area contributed by atoms with E-state index in [2.05, 4.69) is 37.9 Å². The summed E-state index contributed by atoms with van der Waals surface area (Å²) in [5.74, 6) is -6.41. The summed E-state index contributed by atoms with van der Waals surface area (Å²) in [5, 5.41) is 16.4. The second-order valence-electron chi connectivity index (χ2n) is 5.58. The predicted octanol–water partition coefficient (Wildman–Crippen LogP) is 7.38. The quantitative estimate of drug-likeness (QED) is 0.149. The van der Waals surface area contributed by atoms with Gasteiger partial charge in [-0.2, -0.15) is 30.7 Å². The molecule has 0 amide bonds. The Labute approximate surface area is 188 Å². The van der Waals surface area contributed by atoms with Gasteiger partial charge in [-0.15, -0.1) is 0 Å². The average molecular weight is 601 g/mol. The Morgan fingerprint density at radius 1 is 0.903 bits per heavy atom. The zero-order valence-corrected chi connectivity index (χ0v) is 18.1. The van der Waals surface area contributed by atoms with Crippen LogP contribution in [0.15, 0.2) is 38.1 Å². The zero-order valence-electron chi connectivity index (χ0n) is 14.1. The van der Waals surface area contributed by atoms with Gasteiger partial charge in [0.2, 0.25) is 0 Å². The van der Waals surface area contributed by atoms with Gasteiger partial charge in [0.15, 0.2) is 0 Å². The van der Waals surface area contributed by atoms with Crippen molar-refractivity contribution in [2.24, 2.45) is 0 Å². The second kappa shape index (κ2) is 8.54. The molecule has 0 saturated carbocycles. The molecule has 0 saturated heterocycles. The highest BCUT2D eigenvalue weighted by Crippen LogP contribution is 2.56. The number of hydrogen-bond acceptors (Lipinski definition) is 5. The summed E-state index contributed by atoms with van der Waals surface area (Å²) in [4.78, 5) is 19.0. The molecule has 1 radical (unpaired) electrons. The highest BCUT2D eigenvalue weighted by atomic mass is 79.9. The van der Waals surface area contributed by atoms with Crippen LogP contribution >= 0.6 is 43.6 Å². The highest BCUT2D eigenvalue weighted by Gasteiger charge is 2.73. The van der Waals surface area contributed by atoms with E-state index in [-0.39, 0.29) is 14.5 Å². The molecule has 2 aromatic rings. The molecule has 6 nitrogen and oxygen atoms in total. The summed E-state index contributed by atoms with van der Waals surface area (Å²) in [6.07, 6.45) is -6.56. The van der Waals surface area contributed by atoms with E-state index in [0.29, 0.717) is 12.1 Å². The first-order valence-corrected chi connectivity index (χ1v) is 9.75. The molecular weight excluding hydrogens is 597 g/mol. The number of thioether (sulfide) groups is 1. The molecule has 0 heterocycles. The van der Waals surface area contributed by atoms with E-state index in [1.165, 1.54) is 0 Å². The predicted molar refractivity (Wildman–Crippen MR) is 101 cm³/mol. The van der Waals surface area contributed by atoms with Gasteiger partial charge < -0.3 is 0 Å². The molecule has 0 unspecified atom stereocenters. The fourth-order valence-electron chi connectivity index (χ4n) is 2.20. The Hall–Kier alpha value is -1.94. The van der Waals surface area contributed by atoms with Crippen LogP contribution in [0.1, 0.15) is 0 Å². The fraction of sp³-hybridized carbons (Fsp3) is 0.200. The number of hydrogen-bond donors (Lipinski definition) is 0. The van der Waals surface area contributed by atoms with Crippen LogP contribution in [0.4, 0.5) is 42.1 Å². The molecule has 0 fully saturated rings. The van der Waals surface area contributed by atoms with Crippen LogP contribution in [0, 0.1) is 26.3 Å². The van der Waals surface area contributed by atoms with Crippen LogP contribution in [0.25, 0.3) is 11.1 Å². The maximum absolute atomic E-state index is 14.0. The number of rotatable bonds is 6. The van der Waals surface area contributed by atoms with Crippen molar-refractivity contribution >= 4 is 55.0 Å². The van der Waals surface area contributed by atoms with E-state index < -0.39 is 60.8 Å². The molecule has 0 aromatic heterocycles. The van der Waals surface area contributed by atoms with Crippen LogP contribution in [-0.2, 0) is 0 Å². The lowest BCUT2D eigenvalue weighted by molar-refractivity contribution is -0.422. The number of nitro groups is 2. The van der Waals surface area contributed by atoms with Crippen LogP contribution < -0.4 is 0 Å². The molecule has 0 aliphatic heterocycles. The summed E-state index contributed by atoms with van der Waals surface area (Å²) in [6.45, 7) is 0. The van der Waals surface area contributed by atoms with Crippen molar-refractivity contribution in [3.8, 4) is 11.1 Å². The van der Waals surface area contributed by atoms with E-state index >= 15 is 0 Å². The van der Waals surface area contributed by atoms with Crippen LogP contribution in [-0.4, -0.2) is 27.2 Å². The molecule has 2 rings (SSSR count). The topological polar surface area (TPSA) is 86.3 Å². The van der Waals surface area contributed by atoms with E-state index in [4.69, 9.17) is 0 Å². The van der Waals surface area contributed by atoms with Gasteiger partial charge in [0.1, 0.15) is 0 Å². The Bertz CT molecular complexity index is 1070. The Morgan fingerprint density at radius 2 is 1.45 bits per heavy atom. The Kier molecular flexibility index (Phi) is 6.97. The minimum Gasteiger partial charge on any atom is -0.258 e. The van der Waals surface area contributed by atoms with Gasteiger partial charge in [-0.25, -0.2) is 0 Å². The van der Waals surface area contributed by atoms with E-state index in [0.717, 1.165) is 12.1 Å². The van der Waals surface area contributed by atoms with Crippen LogP contribution in [0.5, 0.6) is 0 Å². The molecule has 0 N–H and O–H groups in total. The lowest BCUT2D eigenvalue weighted by Crippen LogP contribution is -2.49. The summed E-state index contributed by atoms with van der Waals surface area (Å²) >= 11 is 4.59. The molecule has 16 heteroatoms. The van der Waals surface area contributed by atoms with Crippen molar-refractivity contribution in [1.82, 2.24) is 0 Å². The number of nitrogens with zero attached hydrogens (tertiary/aromatic N) is 2. The van der Waals surface area contributed by atoms with E-state index in [9.17, 15) is 51.0 Å². The van der Waals surface area contributed by atoms with Crippen molar-refractivity contribution in [2.45, 2.75) is 22.2 Å². The maximum Gasteiger partial charge on any atom is 0.460 e. The summed E-state index contributed by atoms with van der Waals surface area (Å²) in [6, 6.07) is 5.38. The lowest BCUT2D eigenvalue weighted by Gasteiger charge is -2.28. The standard InChI is InChI=1S/C15H4Br2F7N2O4S/c16-7-4-8(17)12(6-1-2-9(25(27)28)10(3-6)26(29)30)11(5-7)31-15(23,24)13(18,19)14(20,21)22/h1-3,5H. The summed E-state index contributed by atoms with van der Waals surface area (Å²) in [5.41, 5.74) is -2.82. The van der Waals surface area contributed by atoms with Crippen molar-refractivity contribution in [3.63, 3.8) is 0 Å². The molecule has 2 aromatic carbocycles. The number of halogens is 9. The molecule has 0 atom stereocenters. The SMILES string of the molecule is O=[N+]([O-])c1ccc(-c2c(Br)[c]c(Br)cc2SC(F)(F)C(F)(F)C(F)(F)F)cc1[N+](=O)[O-]. The van der Waals surface area contributed by atoms with Crippen molar-refractivity contribution in [3.05, 3.63) is 59.5 Å². The van der Waals surface area contributed by atoms with Gasteiger partial charge in [-0.1, -0.05) is 15.9 Å². The largest absolute Gasteiger partial charge is 0.460 e. The first-order valence-electron chi connectivity index (χ1n) is 7.35. The maximum atomic E-state index is 14.0. The number of benzene rings is 2. The van der Waals surface area contributed by atoms with E-state index in [1.54, 1.807) is 0 Å². The molecule has 0 aliphatic carbocycles. The van der Waals surface area contributed by atoms with Crippen LogP contribution in [0.2, 0.25) is 0 Å². The zero-order chi connectivity index (χ0) is 23.9. The summed E-state index contributed by atoms with van der Waals surface area (Å²) in [7, 11) is 0. The molecule has 0 spiro atoms. The van der Waals surface area contributed by atoms with Gasteiger partial charge in [0.05, 0.1) is 9.85 Å². The average Bonchev–Trinajstić information content (AvgIpc) is 2.59. The normalized spacial score (nSPS) is 12.7. The molecule has 167 valence electrons. The number of nitro benzene ring substituents is 2. The van der Waals surface area contributed by atoms with Gasteiger partial charge in [-0.3, -0.25) is 20.2 Å². The third-order valence-corrected chi connectivity index (χ3v) is 5.65. The third kappa shape index (κ3) is 4.95. The van der Waals surface area contributed by atoms with Crippen LogP contribution in [0.3, 0.4) is 0 Å². The minimum atomic E-state index is -6.56. The van der Waals surface area contributed by atoms with Crippen molar-refractivity contribution in [2.75, 3.05) is 0 Å². The fourth-order valence-corrected chi connectivity index (χ4v) is 4.85. The molecular formula is C15H4Br2F7N2O4S. The Morgan fingerprint density at radius 3 is 1.94 bits per heavy atom. The minimum absolute atomic E-state index is 0.117. The van der Waals surface area contributed by atoms with Crippen molar-refractivity contribution < 1.29 is 40.6 Å². The van der Waals surface area contributed by atoms with Gasteiger partial charge in [-0.05, 0) is 45.4 Å². The van der Waals surface area contributed by atoms with Gasteiger partial charge >= 0.3 is 28.7 Å². The molecule has 0 bridgehead atoms. The van der Waals surface area contributed by atoms with Gasteiger partial charge in [0.25, 0.3) is 0 Å². The second-order valence-corrected chi connectivity index (χ2v) is 8.38. The summed E-state index contributed by atoms with van der Waals surface area (Å²) < 4.78 is 91.7. The Balaban J connectivity index is 2.72. The molecule has 0 aliphatic rings. The monoisotopic (exact) mass is 599 g/mol. The van der Waals surface area contributed by atoms with Crippen molar-refractivity contribution in [1.29, 1.82) is 0 Å². The first-order chi connectivity index (χ1) is 14.0. The molecule has 31 heavy (non-hydrogen) atoms. The van der Waals surface area contributed by atoms with Gasteiger partial charge in [0, 0.05) is 37.6 Å². The number of alkyl halides is 7. The van der Waals surface area contributed by atoms with E-state index in [1.807, 2.05) is 0 Å². The lowest BCUT2D eigenvalue weighted by atomic mass is 10.0. The smallest absolute Gasteiger partial charge is 0.258 e. The third-order valence-electron chi connectivity index (χ3n) is 3.57. The first kappa shape index (κ1) is 25.3. The highest BCUT2D eigenvalue weighted by molar-refractivity contribution is 9.11.